The minimum atomic E-state index is 0.0555. The Morgan fingerprint density at radius 2 is 2.00 bits per heavy atom. The molecule has 0 saturated heterocycles. The van der Waals surface area contributed by atoms with Gasteiger partial charge in [-0.15, -0.1) is 5.10 Å². The summed E-state index contributed by atoms with van der Waals surface area (Å²) in [6, 6.07) is 10.0. The molecular weight excluding hydrogens is 162 g/mol. The van der Waals surface area contributed by atoms with Gasteiger partial charge >= 0.3 is 0 Å². The lowest BCUT2D eigenvalue weighted by Crippen LogP contribution is -1.96. The normalized spacial score (nSPS) is 12.7. The Hall–Kier alpha value is -1.64. The maximum atomic E-state index is 4.03. The van der Waals surface area contributed by atoms with Crippen molar-refractivity contribution in [3.05, 3.63) is 54.7 Å². The Kier molecular flexibility index (Phi) is 2.08. The summed E-state index contributed by atoms with van der Waals surface area (Å²) in [5.74, 6) is 0.0555. The molecule has 2 rings (SSSR count). The van der Waals surface area contributed by atoms with Crippen molar-refractivity contribution in [1.82, 2.24) is 15.4 Å². The highest BCUT2D eigenvalue weighted by atomic mass is 15.3. The van der Waals surface area contributed by atoms with E-state index >= 15 is 0 Å². The average molecular weight is 172 g/mol. The predicted octanol–water partition coefficient (Wildman–Crippen LogP) is 1.77. The molecule has 0 aliphatic heterocycles. The van der Waals surface area contributed by atoms with E-state index in [1.54, 1.807) is 6.20 Å². The largest absolute Gasteiger partial charge is 0.265 e. The lowest BCUT2D eigenvalue weighted by Gasteiger charge is -2.06. The zero-order valence-electron chi connectivity index (χ0n) is 7.14. The molecule has 1 aromatic carbocycles. The second-order valence-corrected chi connectivity index (χ2v) is 2.86. The zero-order valence-corrected chi connectivity index (χ0v) is 7.14. The summed E-state index contributed by atoms with van der Waals surface area (Å²) in [6.07, 6.45) is 1.77. The number of rotatable bonds is 2. The highest BCUT2D eigenvalue weighted by molar-refractivity contribution is 5.27. The zero-order chi connectivity index (χ0) is 9.10. The molecule has 0 amide bonds. The minimum absolute atomic E-state index is 0.0555. The number of hydrogen-bond acceptors (Lipinski definition) is 2. The van der Waals surface area contributed by atoms with Crippen LogP contribution >= 0.6 is 0 Å². The summed E-state index contributed by atoms with van der Waals surface area (Å²) >= 11 is 0. The van der Waals surface area contributed by atoms with E-state index in [9.17, 15) is 0 Å². The van der Waals surface area contributed by atoms with Gasteiger partial charge < -0.3 is 0 Å². The molecule has 1 unspecified atom stereocenters. The van der Waals surface area contributed by atoms with Crippen LogP contribution in [-0.4, -0.2) is 15.4 Å². The quantitative estimate of drug-likeness (QED) is 0.750. The van der Waals surface area contributed by atoms with E-state index in [0.717, 1.165) is 11.3 Å². The molecule has 13 heavy (non-hydrogen) atoms. The van der Waals surface area contributed by atoms with E-state index in [0.29, 0.717) is 0 Å². The fourth-order valence-electron chi connectivity index (χ4n) is 1.24. The first-order valence-electron chi connectivity index (χ1n) is 4.12. The summed E-state index contributed by atoms with van der Waals surface area (Å²) in [5.41, 5.74) is 2.02. The molecule has 1 atom stereocenters. The predicted molar refractivity (Wildman–Crippen MR) is 50.0 cm³/mol. The second-order valence-electron chi connectivity index (χ2n) is 2.86. The number of H-pyrrole nitrogens is 1. The molecule has 0 aliphatic carbocycles. The second kappa shape index (κ2) is 3.39. The van der Waals surface area contributed by atoms with Crippen molar-refractivity contribution >= 4 is 0 Å². The Labute approximate surface area is 76.8 Å². The summed E-state index contributed by atoms with van der Waals surface area (Å²) in [5, 5.41) is 10.3. The van der Waals surface area contributed by atoms with Crippen LogP contribution in [0.2, 0.25) is 0 Å². The Bertz CT molecular complexity index is 353. The van der Waals surface area contributed by atoms with Crippen molar-refractivity contribution < 1.29 is 0 Å². The molecule has 0 saturated carbocycles. The topological polar surface area (TPSA) is 41.6 Å². The molecule has 3 nitrogen and oxygen atoms in total. The number of aromatic nitrogens is 3. The van der Waals surface area contributed by atoms with Crippen LogP contribution in [0.1, 0.15) is 17.2 Å². The molecule has 1 radical (unpaired) electrons. The molecule has 0 spiro atoms. The first kappa shape index (κ1) is 7.98. The summed E-state index contributed by atoms with van der Waals surface area (Å²) < 4.78 is 0. The van der Waals surface area contributed by atoms with Crippen LogP contribution in [0.3, 0.4) is 0 Å². The van der Waals surface area contributed by atoms with E-state index in [4.69, 9.17) is 0 Å². The van der Waals surface area contributed by atoms with Gasteiger partial charge in [-0.25, -0.2) is 0 Å². The molecule has 0 bridgehead atoms. The SMILES string of the molecule is [CH2]C(c1ccccc1)c1c[nH]nn1. The number of nitrogens with one attached hydrogen (secondary N) is 1. The fraction of sp³-hybridized carbons (Fsp3) is 0.100. The van der Waals surface area contributed by atoms with Crippen LogP contribution in [-0.2, 0) is 0 Å². The third-order valence-electron chi connectivity index (χ3n) is 1.99. The minimum Gasteiger partial charge on any atom is -0.265 e. The maximum absolute atomic E-state index is 4.03. The van der Waals surface area contributed by atoms with E-state index < -0.39 is 0 Å². The molecule has 2 aromatic rings. The highest BCUT2D eigenvalue weighted by Crippen LogP contribution is 2.19. The Morgan fingerprint density at radius 3 is 2.62 bits per heavy atom. The van der Waals surface area contributed by atoms with E-state index in [2.05, 4.69) is 22.3 Å². The van der Waals surface area contributed by atoms with Gasteiger partial charge in [0, 0.05) is 12.1 Å². The summed E-state index contributed by atoms with van der Waals surface area (Å²) in [4.78, 5) is 0. The van der Waals surface area contributed by atoms with Crippen LogP contribution in [0.4, 0.5) is 0 Å². The molecule has 65 valence electrons. The van der Waals surface area contributed by atoms with Gasteiger partial charge in [0.25, 0.3) is 0 Å². The summed E-state index contributed by atoms with van der Waals surface area (Å²) in [7, 11) is 0. The maximum Gasteiger partial charge on any atom is 0.0899 e. The molecule has 1 aromatic heterocycles. The van der Waals surface area contributed by atoms with Crippen LogP contribution in [0.15, 0.2) is 36.5 Å². The number of aromatic amines is 1. The molecular formula is C10H10N3. The number of nitrogens with zero attached hydrogens (tertiary/aromatic N) is 2. The van der Waals surface area contributed by atoms with E-state index in [-0.39, 0.29) is 5.92 Å². The smallest absolute Gasteiger partial charge is 0.0899 e. The third kappa shape index (κ3) is 1.59. The standard InChI is InChI=1S/C10H10N3/c1-8(10-7-11-13-12-10)9-5-3-2-4-6-9/h2-8H,1H2,(H,11,12,13). The van der Waals surface area contributed by atoms with Crippen molar-refractivity contribution in [3.63, 3.8) is 0 Å². The van der Waals surface area contributed by atoms with Crippen LogP contribution in [0.25, 0.3) is 0 Å². The van der Waals surface area contributed by atoms with Gasteiger partial charge in [0.05, 0.1) is 5.69 Å². The Balaban J connectivity index is 2.29. The lowest BCUT2D eigenvalue weighted by atomic mass is 9.99. The molecule has 0 aliphatic rings. The monoisotopic (exact) mass is 172 g/mol. The van der Waals surface area contributed by atoms with Crippen molar-refractivity contribution in [3.8, 4) is 0 Å². The number of hydrogen-bond donors (Lipinski definition) is 1. The lowest BCUT2D eigenvalue weighted by molar-refractivity contribution is 0.884. The van der Waals surface area contributed by atoms with Crippen LogP contribution < -0.4 is 0 Å². The summed E-state index contributed by atoms with van der Waals surface area (Å²) in [6.45, 7) is 4.03. The van der Waals surface area contributed by atoms with Crippen molar-refractivity contribution in [2.75, 3.05) is 0 Å². The Morgan fingerprint density at radius 1 is 1.23 bits per heavy atom. The van der Waals surface area contributed by atoms with Gasteiger partial charge in [0.1, 0.15) is 0 Å². The molecule has 3 heteroatoms. The van der Waals surface area contributed by atoms with E-state index in [1.165, 1.54) is 0 Å². The van der Waals surface area contributed by atoms with Gasteiger partial charge in [-0.1, -0.05) is 35.5 Å². The van der Waals surface area contributed by atoms with Gasteiger partial charge in [0.2, 0.25) is 0 Å². The first-order valence-corrected chi connectivity index (χ1v) is 4.12. The third-order valence-corrected chi connectivity index (χ3v) is 1.99. The van der Waals surface area contributed by atoms with Crippen molar-refractivity contribution in [2.45, 2.75) is 5.92 Å². The van der Waals surface area contributed by atoms with Gasteiger partial charge in [0.15, 0.2) is 0 Å². The van der Waals surface area contributed by atoms with Gasteiger partial charge in [-0.05, 0) is 12.5 Å². The van der Waals surface area contributed by atoms with Crippen LogP contribution in [0, 0.1) is 6.92 Å². The average Bonchev–Trinajstić information content (AvgIpc) is 2.71. The van der Waals surface area contributed by atoms with Gasteiger partial charge in [-0.2, -0.15) is 0 Å². The molecule has 0 fully saturated rings. The molecule has 1 N–H and O–H groups in total. The molecule has 1 heterocycles. The highest BCUT2D eigenvalue weighted by Gasteiger charge is 2.09. The van der Waals surface area contributed by atoms with Crippen molar-refractivity contribution in [2.24, 2.45) is 0 Å². The first-order chi connectivity index (χ1) is 6.38. The number of benzene rings is 1. The van der Waals surface area contributed by atoms with E-state index in [1.807, 2.05) is 30.3 Å². The van der Waals surface area contributed by atoms with Crippen LogP contribution in [0.5, 0.6) is 0 Å². The fourth-order valence-corrected chi connectivity index (χ4v) is 1.24. The van der Waals surface area contributed by atoms with Gasteiger partial charge in [-0.3, -0.25) is 5.10 Å². The van der Waals surface area contributed by atoms with Crippen molar-refractivity contribution in [1.29, 1.82) is 0 Å².